The molecule has 1 aromatic heterocycles. The first-order chi connectivity index (χ1) is 13.7. The number of halogens is 3. The molecule has 30 heavy (non-hydrogen) atoms. The summed E-state index contributed by atoms with van der Waals surface area (Å²) in [5, 5.41) is 0.501. The highest BCUT2D eigenvalue weighted by Crippen LogP contribution is 2.32. The van der Waals surface area contributed by atoms with Crippen molar-refractivity contribution in [2.24, 2.45) is 10.7 Å². The number of carbonyl (C=O) groups is 1. The van der Waals surface area contributed by atoms with Gasteiger partial charge in [-0.25, -0.2) is 4.39 Å². The monoisotopic (exact) mass is 453 g/mol. The van der Waals surface area contributed by atoms with Crippen LogP contribution in [0, 0.1) is 5.82 Å². The van der Waals surface area contributed by atoms with Gasteiger partial charge in [-0.15, -0.1) is 12.4 Å². The molecule has 8 heteroatoms. The van der Waals surface area contributed by atoms with Crippen LogP contribution in [0.1, 0.15) is 60.3 Å². The predicted molar refractivity (Wildman–Crippen MR) is 119 cm³/mol. The number of nitrogens with zero attached hydrogens (tertiary/aromatic N) is 2. The second-order valence-electron chi connectivity index (χ2n) is 7.68. The predicted octanol–water partition coefficient (Wildman–Crippen LogP) is 4.84. The number of pyridine rings is 1. The third-order valence-corrected chi connectivity index (χ3v) is 5.50. The van der Waals surface area contributed by atoms with Crippen LogP contribution in [0.25, 0.3) is 0 Å². The van der Waals surface area contributed by atoms with Crippen molar-refractivity contribution in [3.8, 4) is 0 Å². The second-order valence-corrected chi connectivity index (χ2v) is 8.12. The Labute approximate surface area is 187 Å². The molecule has 1 unspecified atom stereocenters. The second kappa shape index (κ2) is 9.86. The van der Waals surface area contributed by atoms with E-state index in [2.05, 4.69) is 9.98 Å². The van der Waals surface area contributed by atoms with Gasteiger partial charge in [0.1, 0.15) is 29.5 Å². The molecule has 1 aromatic carbocycles. The van der Waals surface area contributed by atoms with E-state index in [4.69, 9.17) is 22.1 Å². The van der Waals surface area contributed by atoms with Crippen molar-refractivity contribution in [3.63, 3.8) is 0 Å². The van der Waals surface area contributed by atoms with Gasteiger partial charge in [0, 0.05) is 18.2 Å². The summed E-state index contributed by atoms with van der Waals surface area (Å²) in [4.78, 5) is 21.7. The van der Waals surface area contributed by atoms with E-state index < -0.39 is 11.4 Å². The standard InChI is InChI=1S/C22H25ClFN3O2.ClH/c1-4-13(2)16-9-15(23)10-26-21(16)19(28)8-14-5-6-18(24)17(7-14)22(3)12-29-11-20(25)27-22;/h5-7,9-10,13H,4,8,11-12H2,1-3H3,(H2,25,27);1H/t13?,22-;/m0./s1. The SMILES string of the molecule is CCC(C)c1cc(Cl)cnc1C(=O)Cc1ccc(F)c([C@]2(C)COCC(N)=N2)c1.Cl. The Morgan fingerprint density at radius 2 is 2.13 bits per heavy atom. The molecule has 2 heterocycles. The summed E-state index contributed by atoms with van der Waals surface area (Å²) in [6, 6.07) is 6.42. The summed E-state index contributed by atoms with van der Waals surface area (Å²) in [6.45, 7) is 6.30. The topological polar surface area (TPSA) is 77.6 Å². The molecular weight excluding hydrogens is 428 g/mol. The highest BCUT2D eigenvalue weighted by atomic mass is 35.5. The Hall–Kier alpha value is -2.02. The number of aliphatic imine (C=N–C) groups is 1. The molecule has 0 spiro atoms. The van der Waals surface area contributed by atoms with E-state index in [0.717, 1.165) is 12.0 Å². The van der Waals surface area contributed by atoms with Crippen LogP contribution in [0.5, 0.6) is 0 Å². The van der Waals surface area contributed by atoms with E-state index in [1.54, 1.807) is 25.1 Å². The van der Waals surface area contributed by atoms with E-state index >= 15 is 0 Å². The highest BCUT2D eigenvalue weighted by Gasteiger charge is 2.33. The molecule has 2 aromatic rings. The van der Waals surface area contributed by atoms with Gasteiger partial charge in [0.2, 0.25) is 0 Å². The number of Topliss-reactive ketones (excluding diaryl/α,β-unsaturated/α-hetero) is 1. The number of hydrogen-bond donors (Lipinski definition) is 1. The molecule has 3 rings (SSSR count). The Kier molecular flexibility index (Phi) is 7.97. The summed E-state index contributed by atoms with van der Waals surface area (Å²) in [7, 11) is 0. The zero-order valence-electron chi connectivity index (χ0n) is 17.2. The van der Waals surface area contributed by atoms with E-state index in [-0.39, 0.29) is 43.7 Å². The lowest BCUT2D eigenvalue weighted by Crippen LogP contribution is -2.38. The lowest BCUT2D eigenvalue weighted by molar-refractivity contribution is 0.0985. The van der Waals surface area contributed by atoms with Gasteiger partial charge in [-0.05, 0) is 48.6 Å². The van der Waals surface area contributed by atoms with Crippen molar-refractivity contribution in [1.82, 2.24) is 4.98 Å². The van der Waals surface area contributed by atoms with Gasteiger partial charge in [0.05, 0.1) is 11.6 Å². The van der Waals surface area contributed by atoms with Gasteiger partial charge >= 0.3 is 0 Å². The van der Waals surface area contributed by atoms with Gasteiger partial charge in [-0.1, -0.05) is 31.5 Å². The summed E-state index contributed by atoms with van der Waals surface area (Å²) < 4.78 is 20.0. The summed E-state index contributed by atoms with van der Waals surface area (Å²) >= 11 is 6.08. The zero-order valence-corrected chi connectivity index (χ0v) is 18.8. The number of ether oxygens (including phenoxy) is 1. The average molecular weight is 454 g/mol. The van der Waals surface area contributed by atoms with E-state index in [1.165, 1.54) is 12.3 Å². The first kappa shape index (κ1) is 24.3. The van der Waals surface area contributed by atoms with Gasteiger partial charge < -0.3 is 10.5 Å². The van der Waals surface area contributed by atoms with E-state index in [1.807, 2.05) is 13.8 Å². The first-order valence-corrected chi connectivity index (χ1v) is 10.0. The van der Waals surface area contributed by atoms with Crippen molar-refractivity contribution >= 4 is 35.6 Å². The number of hydrogen-bond acceptors (Lipinski definition) is 5. The molecule has 1 aliphatic rings. The Balaban J connectivity index is 0.00000320. The molecule has 2 N–H and O–H groups in total. The van der Waals surface area contributed by atoms with Crippen molar-refractivity contribution in [2.75, 3.05) is 13.2 Å². The third kappa shape index (κ3) is 5.17. The minimum absolute atomic E-state index is 0. The Morgan fingerprint density at radius 3 is 2.80 bits per heavy atom. The molecule has 1 aliphatic heterocycles. The van der Waals surface area contributed by atoms with Crippen LogP contribution in [0.4, 0.5) is 4.39 Å². The van der Waals surface area contributed by atoms with Crippen LogP contribution >= 0.6 is 24.0 Å². The van der Waals surface area contributed by atoms with Crippen molar-refractivity contribution in [1.29, 1.82) is 0 Å². The quantitative estimate of drug-likeness (QED) is 0.634. The smallest absolute Gasteiger partial charge is 0.185 e. The first-order valence-electron chi connectivity index (χ1n) is 9.63. The maximum absolute atomic E-state index is 14.6. The molecular formula is C22H26Cl2FN3O2. The maximum Gasteiger partial charge on any atom is 0.185 e. The maximum atomic E-state index is 14.6. The fourth-order valence-electron chi connectivity index (χ4n) is 3.52. The van der Waals surface area contributed by atoms with Crippen LogP contribution in [0.3, 0.4) is 0 Å². The van der Waals surface area contributed by atoms with Crippen molar-refractivity contribution in [3.05, 3.63) is 63.7 Å². The lowest BCUT2D eigenvalue weighted by Gasteiger charge is -2.30. The molecule has 5 nitrogen and oxygen atoms in total. The van der Waals surface area contributed by atoms with Gasteiger partial charge in [0.25, 0.3) is 0 Å². The summed E-state index contributed by atoms with van der Waals surface area (Å²) in [5.74, 6) is -0.0685. The number of aromatic nitrogens is 1. The molecule has 0 amide bonds. The van der Waals surface area contributed by atoms with Crippen LogP contribution in [-0.4, -0.2) is 29.8 Å². The highest BCUT2D eigenvalue weighted by molar-refractivity contribution is 6.30. The molecule has 0 bridgehead atoms. The molecule has 0 radical (unpaired) electrons. The van der Waals surface area contributed by atoms with Crippen LogP contribution < -0.4 is 5.73 Å². The van der Waals surface area contributed by atoms with Crippen LogP contribution in [0.15, 0.2) is 35.5 Å². The van der Waals surface area contributed by atoms with Crippen molar-refractivity contribution in [2.45, 2.75) is 45.1 Å². The Bertz CT molecular complexity index is 967. The molecule has 0 saturated heterocycles. The number of carbonyl (C=O) groups excluding carboxylic acids is 1. The normalized spacial score (nSPS) is 19.6. The fraction of sp³-hybridized carbons (Fsp3) is 0.409. The molecule has 0 saturated carbocycles. The largest absolute Gasteiger partial charge is 0.386 e. The van der Waals surface area contributed by atoms with Gasteiger partial charge in [-0.2, -0.15) is 0 Å². The molecule has 162 valence electrons. The number of ketones is 1. The lowest BCUT2D eigenvalue weighted by atomic mass is 9.89. The number of rotatable bonds is 6. The minimum Gasteiger partial charge on any atom is -0.386 e. The minimum atomic E-state index is -0.925. The molecule has 0 fully saturated rings. The molecule has 2 atom stereocenters. The summed E-state index contributed by atoms with van der Waals surface area (Å²) in [5.41, 5.74) is 7.14. The van der Waals surface area contributed by atoms with E-state index in [0.29, 0.717) is 27.7 Å². The fourth-order valence-corrected chi connectivity index (χ4v) is 3.69. The third-order valence-electron chi connectivity index (χ3n) is 5.29. The Morgan fingerprint density at radius 1 is 1.40 bits per heavy atom. The van der Waals surface area contributed by atoms with Crippen LogP contribution in [0.2, 0.25) is 5.02 Å². The average Bonchev–Trinajstić information content (AvgIpc) is 2.68. The van der Waals surface area contributed by atoms with Gasteiger partial charge in [0.15, 0.2) is 5.78 Å². The molecule has 0 aliphatic carbocycles. The number of nitrogens with two attached hydrogens (primary N) is 1. The van der Waals surface area contributed by atoms with Crippen molar-refractivity contribution < 1.29 is 13.9 Å². The van der Waals surface area contributed by atoms with E-state index in [9.17, 15) is 9.18 Å². The van der Waals surface area contributed by atoms with Gasteiger partial charge in [-0.3, -0.25) is 14.8 Å². The van der Waals surface area contributed by atoms with Crippen LogP contribution in [-0.2, 0) is 16.7 Å². The summed E-state index contributed by atoms with van der Waals surface area (Å²) in [6.07, 6.45) is 2.44. The number of amidine groups is 1. The number of benzene rings is 1. The zero-order chi connectivity index (χ0) is 21.2.